The van der Waals surface area contributed by atoms with E-state index in [-0.39, 0.29) is 28.8 Å². The van der Waals surface area contributed by atoms with E-state index in [0.29, 0.717) is 28.8 Å². The average molecular weight is 573 g/mol. The van der Waals surface area contributed by atoms with Gasteiger partial charge in [0, 0.05) is 25.0 Å². The smallest absolute Gasteiger partial charge is 0.181 e. The Morgan fingerprint density at radius 3 is 2.35 bits per heavy atom. The first kappa shape index (κ1) is 29.1. The van der Waals surface area contributed by atoms with Crippen LogP contribution in [0.5, 0.6) is 0 Å². The Morgan fingerprint density at radius 2 is 1.75 bits per heavy atom. The summed E-state index contributed by atoms with van der Waals surface area (Å²) in [7, 11) is -1.87. The predicted molar refractivity (Wildman–Crippen MR) is 157 cm³/mol. The zero-order chi connectivity index (χ0) is 28.9. The van der Waals surface area contributed by atoms with Crippen molar-refractivity contribution in [1.82, 2.24) is 0 Å². The van der Waals surface area contributed by atoms with Crippen molar-refractivity contribution in [2.75, 3.05) is 13.7 Å². The molecule has 0 aliphatic heterocycles. The van der Waals surface area contributed by atoms with Crippen LogP contribution in [0.1, 0.15) is 86.0 Å². The van der Waals surface area contributed by atoms with Crippen molar-refractivity contribution in [3.8, 4) is 0 Å². The van der Waals surface area contributed by atoms with Crippen molar-refractivity contribution in [3.63, 3.8) is 0 Å². The van der Waals surface area contributed by atoms with Crippen LogP contribution in [-0.4, -0.2) is 49.3 Å². The van der Waals surface area contributed by atoms with Gasteiger partial charge in [-0.2, -0.15) is 0 Å². The van der Waals surface area contributed by atoms with Crippen molar-refractivity contribution >= 4 is 9.84 Å². The van der Waals surface area contributed by atoms with Gasteiger partial charge in [0.25, 0.3) is 0 Å². The number of benzene rings is 1. The molecule has 0 unspecified atom stereocenters. The van der Waals surface area contributed by atoms with Gasteiger partial charge in [0.05, 0.1) is 21.9 Å². The van der Waals surface area contributed by atoms with Gasteiger partial charge in [-0.1, -0.05) is 39.0 Å². The molecule has 5 nitrogen and oxygen atoms in total. The van der Waals surface area contributed by atoms with Crippen molar-refractivity contribution in [2.24, 2.45) is 57.7 Å². The summed E-state index contributed by atoms with van der Waals surface area (Å²) in [5, 5.41) is 20.8. The third kappa shape index (κ3) is 3.84. The third-order valence-corrected chi connectivity index (χ3v) is 16.4. The third-order valence-electron chi connectivity index (χ3n) is 14.0. The number of sulfone groups is 1. The molecule has 0 amide bonds. The highest BCUT2D eigenvalue weighted by atomic mass is 32.2. The molecular weight excluding hydrogens is 520 g/mol. The van der Waals surface area contributed by atoms with Gasteiger partial charge in [0.2, 0.25) is 0 Å². The Kier molecular flexibility index (Phi) is 6.94. The fourth-order valence-corrected chi connectivity index (χ4v) is 14.5. The lowest BCUT2D eigenvalue weighted by Crippen LogP contribution is -2.57. The second-order valence-electron chi connectivity index (χ2n) is 15.6. The highest BCUT2D eigenvalue weighted by molar-refractivity contribution is 7.92. The van der Waals surface area contributed by atoms with Crippen LogP contribution >= 0.6 is 0 Å². The van der Waals surface area contributed by atoms with E-state index >= 15 is 0 Å². The van der Waals surface area contributed by atoms with Crippen molar-refractivity contribution in [2.45, 2.75) is 108 Å². The zero-order valence-corrected chi connectivity index (χ0v) is 26.3. The molecule has 0 heterocycles. The van der Waals surface area contributed by atoms with E-state index in [1.807, 2.05) is 13.2 Å². The SMILES string of the molecule is CO[C@@H]1C[C@H]2[C@@H]3CC[C@H]([C@H](C)[C@H]([C@H](CO)C(C)(C)O)S(=O)(=O)c4ccccc4)[C@@]3(C)CC[C@@H]2[C@@]2(C)CC[C@@H]3C[C@]312. The van der Waals surface area contributed by atoms with Crippen LogP contribution in [0.25, 0.3) is 0 Å². The Balaban J connectivity index is 1.35. The Morgan fingerprint density at radius 1 is 1.05 bits per heavy atom. The molecule has 5 aliphatic rings. The van der Waals surface area contributed by atoms with Crippen LogP contribution in [0.3, 0.4) is 0 Å². The summed E-state index contributed by atoms with van der Waals surface area (Å²) >= 11 is 0. The number of hydrogen-bond donors (Lipinski definition) is 2. The second kappa shape index (κ2) is 9.53. The minimum atomic E-state index is -3.80. The van der Waals surface area contributed by atoms with E-state index in [1.54, 1.807) is 38.1 Å². The van der Waals surface area contributed by atoms with Gasteiger partial charge in [-0.25, -0.2) is 8.42 Å². The molecule has 5 saturated carbocycles. The standard InChI is InChI=1S/C34H52O5S/c1-21(30(28(20-35)31(2,3)36)40(37,38)23-10-8-7-9-11-23)25-12-13-26-24-18-29(39-6)34-19-22(34)14-17-33(34,5)27(24)15-16-32(25,26)4/h7-11,21-22,24-30,35-36H,12-20H2,1-6H3/t21-,22+,24-,25+,26-,27-,28-,29+,30+,32+,33+,34-/m0/s1. The molecule has 5 aliphatic carbocycles. The first-order valence-corrected chi connectivity index (χ1v) is 17.5. The van der Waals surface area contributed by atoms with Crippen LogP contribution in [0.15, 0.2) is 35.2 Å². The summed E-state index contributed by atoms with van der Waals surface area (Å²) in [6.45, 7) is 10.1. The van der Waals surface area contributed by atoms with Crippen LogP contribution < -0.4 is 0 Å². The monoisotopic (exact) mass is 572 g/mol. The fraction of sp³-hybridized carbons (Fsp3) is 0.824. The molecule has 1 aromatic rings. The molecule has 40 heavy (non-hydrogen) atoms. The second-order valence-corrected chi connectivity index (χ2v) is 17.7. The van der Waals surface area contributed by atoms with E-state index in [0.717, 1.165) is 37.5 Å². The van der Waals surface area contributed by atoms with Crippen LogP contribution in [-0.2, 0) is 14.6 Å². The molecule has 12 atom stereocenters. The van der Waals surface area contributed by atoms with Crippen molar-refractivity contribution in [1.29, 1.82) is 0 Å². The molecule has 0 saturated heterocycles. The molecule has 224 valence electrons. The number of aliphatic hydroxyl groups excluding tert-OH is 1. The van der Waals surface area contributed by atoms with E-state index in [1.165, 1.54) is 25.7 Å². The normalized spacial score (nSPS) is 44.6. The number of fused-ring (bicyclic) bond motifs is 4. The maximum absolute atomic E-state index is 14.3. The lowest BCUT2D eigenvalue weighted by molar-refractivity contribution is -0.161. The Bertz CT molecular complexity index is 1210. The zero-order valence-electron chi connectivity index (χ0n) is 25.5. The molecule has 1 aromatic carbocycles. The average Bonchev–Trinajstić information content (AvgIpc) is 3.42. The molecule has 6 rings (SSSR count). The predicted octanol–water partition coefficient (Wildman–Crippen LogP) is 6.13. The molecule has 6 heteroatoms. The van der Waals surface area contributed by atoms with Gasteiger partial charge in [0.1, 0.15) is 0 Å². The molecule has 2 N–H and O–H groups in total. The lowest BCUT2D eigenvalue weighted by atomic mass is 9.45. The van der Waals surface area contributed by atoms with Gasteiger partial charge in [0.15, 0.2) is 9.84 Å². The van der Waals surface area contributed by atoms with E-state index in [2.05, 4.69) is 20.8 Å². The molecule has 0 bridgehead atoms. The molecular formula is C34H52O5S. The van der Waals surface area contributed by atoms with Gasteiger partial charge in [-0.15, -0.1) is 0 Å². The van der Waals surface area contributed by atoms with Crippen molar-refractivity contribution in [3.05, 3.63) is 30.3 Å². The summed E-state index contributed by atoms with van der Waals surface area (Å²) in [4.78, 5) is 0.284. The number of rotatable bonds is 8. The fourth-order valence-electron chi connectivity index (χ4n) is 12.1. The van der Waals surface area contributed by atoms with Crippen LogP contribution in [0.2, 0.25) is 0 Å². The van der Waals surface area contributed by atoms with Crippen LogP contribution in [0, 0.1) is 57.7 Å². The highest BCUT2D eigenvalue weighted by Crippen LogP contribution is 2.82. The summed E-state index contributed by atoms with van der Waals surface area (Å²) in [5.41, 5.74) is -0.509. The lowest BCUT2D eigenvalue weighted by Gasteiger charge is -2.61. The van der Waals surface area contributed by atoms with Gasteiger partial charge >= 0.3 is 0 Å². The molecule has 0 radical (unpaired) electrons. The van der Waals surface area contributed by atoms with Gasteiger partial charge in [-0.05, 0) is 124 Å². The van der Waals surface area contributed by atoms with Crippen LogP contribution in [0.4, 0.5) is 0 Å². The Hall–Kier alpha value is -0.950. The summed E-state index contributed by atoms with van der Waals surface area (Å²) in [5.74, 6) is 2.05. The summed E-state index contributed by atoms with van der Waals surface area (Å²) < 4.78 is 34.9. The number of methoxy groups -OCH3 is 1. The number of aliphatic hydroxyl groups is 2. The quantitative estimate of drug-likeness (QED) is 0.392. The molecule has 0 aromatic heterocycles. The number of hydrogen-bond acceptors (Lipinski definition) is 5. The summed E-state index contributed by atoms with van der Waals surface area (Å²) in [6.07, 6.45) is 10.1. The highest BCUT2D eigenvalue weighted by Gasteiger charge is 2.77. The largest absolute Gasteiger partial charge is 0.396 e. The van der Waals surface area contributed by atoms with Gasteiger partial charge in [-0.3, -0.25) is 0 Å². The molecule has 1 spiro atoms. The molecule has 5 fully saturated rings. The van der Waals surface area contributed by atoms with E-state index in [9.17, 15) is 18.6 Å². The van der Waals surface area contributed by atoms with Crippen molar-refractivity contribution < 1.29 is 23.4 Å². The maximum atomic E-state index is 14.3. The Labute approximate surface area is 242 Å². The first-order valence-electron chi connectivity index (χ1n) is 15.9. The van der Waals surface area contributed by atoms with E-state index < -0.39 is 26.6 Å². The maximum Gasteiger partial charge on any atom is 0.181 e. The minimum Gasteiger partial charge on any atom is -0.396 e. The first-order chi connectivity index (χ1) is 18.8. The van der Waals surface area contributed by atoms with Gasteiger partial charge < -0.3 is 14.9 Å². The van der Waals surface area contributed by atoms with E-state index in [4.69, 9.17) is 4.74 Å². The topological polar surface area (TPSA) is 83.8 Å². The minimum absolute atomic E-state index is 0.0470. The summed E-state index contributed by atoms with van der Waals surface area (Å²) in [6, 6.07) is 8.67. The number of ether oxygens (including phenoxy) is 1.